The second kappa shape index (κ2) is 4.71. The zero-order valence-electron chi connectivity index (χ0n) is 11.7. The van der Waals surface area contributed by atoms with E-state index in [1.807, 2.05) is 6.07 Å². The van der Waals surface area contributed by atoms with Gasteiger partial charge in [-0.3, -0.25) is 4.79 Å². The first kappa shape index (κ1) is 12.8. The molecule has 2 aromatic rings. The Morgan fingerprint density at radius 2 is 1.90 bits per heavy atom. The number of rotatable bonds is 3. The Bertz CT molecular complexity index is 645. The molecule has 0 radical (unpaired) electrons. The van der Waals surface area contributed by atoms with Crippen molar-refractivity contribution in [2.45, 2.75) is 32.2 Å². The van der Waals surface area contributed by atoms with E-state index in [2.05, 4.69) is 40.4 Å². The maximum atomic E-state index is 12.3. The second-order valence-corrected chi connectivity index (χ2v) is 5.42. The summed E-state index contributed by atoms with van der Waals surface area (Å²) < 4.78 is 0. The summed E-state index contributed by atoms with van der Waals surface area (Å²) in [6, 6.07) is 8.31. The number of carbonyl (C=O) groups is 1. The van der Waals surface area contributed by atoms with Crippen molar-refractivity contribution in [3.05, 3.63) is 59.2 Å². The molecule has 1 fully saturated rings. The molecule has 0 saturated heterocycles. The maximum Gasteiger partial charge on any atom is 0.255 e. The smallest absolute Gasteiger partial charge is 0.255 e. The van der Waals surface area contributed by atoms with Crippen molar-refractivity contribution < 1.29 is 4.79 Å². The van der Waals surface area contributed by atoms with E-state index in [9.17, 15) is 4.79 Å². The van der Waals surface area contributed by atoms with E-state index in [-0.39, 0.29) is 11.4 Å². The van der Waals surface area contributed by atoms with Crippen LogP contribution in [0.4, 0.5) is 0 Å². The van der Waals surface area contributed by atoms with E-state index in [1.165, 1.54) is 11.1 Å². The SMILES string of the molecule is Cc1cccc(C2(NC(=O)c3cnc(C)nc3)CC2)c1. The van der Waals surface area contributed by atoms with Gasteiger partial charge in [0.05, 0.1) is 11.1 Å². The van der Waals surface area contributed by atoms with Crippen LogP contribution in [0, 0.1) is 13.8 Å². The molecule has 20 heavy (non-hydrogen) atoms. The Hall–Kier alpha value is -2.23. The molecule has 1 aromatic heterocycles. The van der Waals surface area contributed by atoms with Crippen molar-refractivity contribution in [3.63, 3.8) is 0 Å². The van der Waals surface area contributed by atoms with Crippen molar-refractivity contribution in [1.82, 2.24) is 15.3 Å². The zero-order valence-corrected chi connectivity index (χ0v) is 11.7. The number of amides is 1. The molecule has 1 aliphatic rings. The molecule has 4 nitrogen and oxygen atoms in total. The predicted molar refractivity (Wildman–Crippen MR) is 76.3 cm³/mol. The fourth-order valence-corrected chi connectivity index (χ4v) is 2.35. The van der Waals surface area contributed by atoms with Crippen LogP contribution in [0.3, 0.4) is 0 Å². The van der Waals surface area contributed by atoms with Gasteiger partial charge in [0.2, 0.25) is 0 Å². The van der Waals surface area contributed by atoms with E-state index in [4.69, 9.17) is 0 Å². The van der Waals surface area contributed by atoms with Crippen LogP contribution in [0.2, 0.25) is 0 Å². The van der Waals surface area contributed by atoms with Crippen LogP contribution >= 0.6 is 0 Å². The highest BCUT2D eigenvalue weighted by atomic mass is 16.1. The zero-order chi connectivity index (χ0) is 14.2. The molecule has 4 heteroatoms. The fourth-order valence-electron chi connectivity index (χ4n) is 2.35. The fraction of sp³-hybridized carbons (Fsp3) is 0.312. The average Bonchev–Trinajstić information content (AvgIpc) is 3.20. The Morgan fingerprint density at radius 1 is 1.20 bits per heavy atom. The summed E-state index contributed by atoms with van der Waals surface area (Å²) in [4.78, 5) is 20.4. The minimum absolute atomic E-state index is 0.107. The lowest BCUT2D eigenvalue weighted by Gasteiger charge is -2.18. The highest BCUT2D eigenvalue weighted by Crippen LogP contribution is 2.45. The lowest BCUT2D eigenvalue weighted by molar-refractivity contribution is 0.0930. The molecular formula is C16H17N3O. The topological polar surface area (TPSA) is 54.9 Å². The molecule has 1 aromatic carbocycles. The van der Waals surface area contributed by atoms with Crippen LogP contribution in [0.15, 0.2) is 36.7 Å². The van der Waals surface area contributed by atoms with Crippen molar-refractivity contribution >= 4 is 5.91 Å². The van der Waals surface area contributed by atoms with E-state index in [0.29, 0.717) is 11.4 Å². The second-order valence-electron chi connectivity index (χ2n) is 5.42. The molecule has 1 amide bonds. The molecule has 0 aliphatic heterocycles. The molecule has 0 unspecified atom stereocenters. The minimum Gasteiger partial charge on any atom is -0.342 e. The Labute approximate surface area is 118 Å². The lowest BCUT2D eigenvalue weighted by Crippen LogP contribution is -2.35. The molecule has 1 saturated carbocycles. The Morgan fingerprint density at radius 3 is 2.50 bits per heavy atom. The molecule has 0 spiro atoms. The molecule has 0 bridgehead atoms. The third kappa shape index (κ3) is 2.41. The summed E-state index contributed by atoms with van der Waals surface area (Å²) in [5.41, 5.74) is 2.70. The first-order chi connectivity index (χ1) is 9.59. The number of benzene rings is 1. The van der Waals surface area contributed by atoms with Crippen molar-refractivity contribution in [1.29, 1.82) is 0 Å². The van der Waals surface area contributed by atoms with Crippen LogP contribution < -0.4 is 5.32 Å². The van der Waals surface area contributed by atoms with Gasteiger partial charge in [-0.2, -0.15) is 0 Å². The number of hydrogen-bond donors (Lipinski definition) is 1. The highest BCUT2D eigenvalue weighted by molar-refractivity contribution is 5.94. The van der Waals surface area contributed by atoms with E-state index < -0.39 is 0 Å². The van der Waals surface area contributed by atoms with Gasteiger partial charge in [-0.15, -0.1) is 0 Å². The summed E-state index contributed by atoms with van der Waals surface area (Å²) in [5, 5.41) is 3.13. The predicted octanol–water partition coefficient (Wildman–Crippen LogP) is 2.51. The monoisotopic (exact) mass is 267 g/mol. The highest BCUT2D eigenvalue weighted by Gasteiger charge is 2.45. The molecule has 1 aliphatic carbocycles. The number of carbonyl (C=O) groups excluding carboxylic acids is 1. The summed E-state index contributed by atoms with van der Waals surface area (Å²) >= 11 is 0. The summed E-state index contributed by atoms with van der Waals surface area (Å²) in [5.74, 6) is 0.561. The third-order valence-corrected chi connectivity index (χ3v) is 3.72. The Kier molecular flexibility index (Phi) is 3.01. The van der Waals surface area contributed by atoms with Gasteiger partial charge in [-0.25, -0.2) is 9.97 Å². The Balaban J connectivity index is 1.80. The quantitative estimate of drug-likeness (QED) is 0.929. The van der Waals surface area contributed by atoms with Crippen LogP contribution in [0.25, 0.3) is 0 Å². The van der Waals surface area contributed by atoms with Gasteiger partial charge in [0, 0.05) is 12.4 Å². The number of nitrogens with one attached hydrogen (secondary N) is 1. The van der Waals surface area contributed by atoms with E-state index in [0.717, 1.165) is 12.8 Å². The maximum absolute atomic E-state index is 12.3. The van der Waals surface area contributed by atoms with Gasteiger partial charge in [0.25, 0.3) is 5.91 Å². The van der Waals surface area contributed by atoms with E-state index >= 15 is 0 Å². The molecular weight excluding hydrogens is 250 g/mol. The number of nitrogens with zero attached hydrogens (tertiary/aromatic N) is 2. The minimum atomic E-state index is -0.200. The van der Waals surface area contributed by atoms with Gasteiger partial charge in [0.1, 0.15) is 5.82 Å². The number of hydrogen-bond acceptors (Lipinski definition) is 3. The van der Waals surface area contributed by atoms with Gasteiger partial charge >= 0.3 is 0 Å². The summed E-state index contributed by atoms with van der Waals surface area (Å²) in [6.45, 7) is 3.87. The van der Waals surface area contributed by atoms with Gasteiger partial charge in [-0.05, 0) is 32.3 Å². The number of aromatic nitrogens is 2. The summed E-state index contributed by atoms with van der Waals surface area (Å²) in [6.07, 6.45) is 5.11. The van der Waals surface area contributed by atoms with Crippen molar-refractivity contribution in [2.75, 3.05) is 0 Å². The third-order valence-electron chi connectivity index (χ3n) is 3.72. The molecule has 1 N–H and O–H groups in total. The van der Waals surface area contributed by atoms with Crippen molar-refractivity contribution in [3.8, 4) is 0 Å². The normalized spacial score (nSPS) is 15.7. The largest absolute Gasteiger partial charge is 0.342 e. The van der Waals surface area contributed by atoms with Crippen LogP contribution in [-0.2, 0) is 5.54 Å². The lowest BCUT2D eigenvalue weighted by atomic mass is 10.0. The van der Waals surface area contributed by atoms with Crippen LogP contribution in [0.1, 0.15) is 40.2 Å². The summed E-state index contributed by atoms with van der Waals surface area (Å²) in [7, 11) is 0. The number of aryl methyl sites for hydroxylation is 2. The first-order valence-electron chi connectivity index (χ1n) is 6.77. The standard InChI is InChI=1S/C16H17N3O/c1-11-4-3-5-14(8-11)16(6-7-16)19-15(20)13-9-17-12(2)18-10-13/h3-5,8-10H,6-7H2,1-2H3,(H,19,20). The van der Waals surface area contributed by atoms with Crippen LogP contribution in [-0.4, -0.2) is 15.9 Å². The van der Waals surface area contributed by atoms with Gasteiger partial charge in [-0.1, -0.05) is 29.8 Å². The average molecular weight is 267 g/mol. The van der Waals surface area contributed by atoms with Crippen molar-refractivity contribution in [2.24, 2.45) is 0 Å². The van der Waals surface area contributed by atoms with Gasteiger partial charge in [0.15, 0.2) is 0 Å². The molecule has 1 heterocycles. The molecule has 3 rings (SSSR count). The molecule has 0 atom stereocenters. The van der Waals surface area contributed by atoms with Crippen LogP contribution in [0.5, 0.6) is 0 Å². The van der Waals surface area contributed by atoms with Gasteiger partial charge < -0.3 is 5.32 Å². The molecule has 102 valence electrons. The first-order valence-corrected chi connectivity index (χ1v) is 6.77. The van der Waals surface area contributed by atoms with E-state index in [1.54, 1.807) is 19.3 Å².